The maximum atomic E-state index is 12.4. The maximum Gasteiger partial charge on any atom is 0.290 e. The molecule has 0 radical (unpaired) electrons. The third kappa shape index (κ3) is 4.83. The van der Waals surface area contributed by atoms with Crippen LogP contribution in [0.3, 0.4) is 0 Å². The van der Waals surface area contributed by atoms with Gasteiger partial charge in [0, 0.05) is 42.2 Å². The zero-order valence-corrected chi connectivity index (χ0v) is 18.3. The number of aromatic amines is 1. The van der Waals surface area contributed by atoms with Crippen molar-refractivity contribution in [1.29, 1.82) is 0 Å². The summed E-state index contributed by atoms with van der Waals surface area (Å²) in [7, 11) is 1.65. The van der Waals surface area contributed by atoms with Gasteiger partial charge >= 0.3 is 0 Å². The highest BCUT2D eigenvalue weighted by molar-refractivity contribution is 5.96. The zero-order chi connectivity index (χ0) is 23.2. The number of nitrogens with one attached hydrogen (secondary N) is 2. The molecule has 3 N–H and O–H groups in total. The Morgan fingerprint density at radius 2 is 1.91 bits per heavy atom. The summed E-state index contributed by atoms with van der Waals surface area (Å²) in [5.41, 5.74) is 5.19. The molecule has 1 saturated heterocycles. The lowest BCUT2D eigenvalue weighted by Gasteiger charge is -2.29. The lowest BCUT2D eigenvalue weighted by atomic mass is 9.84. The van der Waals surface area contributed by atoms with E-state index in [1.807, 2.05) is 24.3 Å². The van der Waals surface area contributed by atoms with Gasteiger partial charge in [0.2, 0.25) is 5.91 Å². The Morgan fingerprint density at radius 1 is 1.18 bits per heavy atom. The molecule has 2 aliphatic heterocycles. The van der Waals surface area contributed by atoms with Crippen LogP contribution in [0.5, 0.6) is 5.75 Å². The van der Waals surface area contributed by atoms with E-state index in [0.717, 1.165) is 54.4 Å². The van der Waals surface area contributed by atoms with Gasteiger partial charge in [-0.05, 0) is 29.8 Å². The molecule has 3 aromatic rings. The quantitative estimate of drug-likeness (QED) is 0.523. The molecule has 1 atom stereocenters. The topological polar surface area (TPSA) is 117 Å². The molecule has 5 rings (SSSR count). The molecule has 2 aliphatic rings. The fourth-order valence-corrected chi connectivity index (χ4v) is 4.28. The molecule has 0 spiro atoms. The molecule has 0 bridgehead atoms. The number of nitrogens with zero attached hydrogens (tertiary/aromatic N) is 2. The molecule has 172 valence electrons. The lowest BCUT2D eigenvalue weighted by molar-refractivity contribution is -0.123. The predicted octanol–water partition coefficient (Wildman–Crippen LogP) is 3.10. The summed E-state index contributed by atoms with van der Waals surface area (Å²) in [6, 6.07) is 16.4. The molecular formula is C24H26N4O5. The third-order valence-corrected chi connectivity index (χ3v) is 5.83. The number of rotatable bonds is 4. The van der Waals surface area contributed by atoms with Gasteiger partial charge in [-0.3, -0.25) is 14.7 Å². The summed E-state index contributed by atoms with van der Waals surface area (Å²) in [5, 5.41) is 17.3. The van der Waals surface area contributed by atoms with E-state index in [2.05, 4.69) is 44.7 Å². The Bertz CT molecular complexity index is 1110. The lowest BCUT2D eigenvalue weighted by Crippen LogP contribution is -2.36. The number of ether oxygens (including phenoxy) is 2. The van der Waals surface area contributed by atoms with Crippen LogP contribution < -0.4 is 15.0 Å². The van der Waals surface area contributed by atoms with Crippen LogP contribution in [-0.4, -0.2) is 61.1 Å². The van der Waals surface area contributed by atoms with Gasteiger partial charge in [0.15, 0.2) is 5.82 Å². The van der Waals surface area contributed by atoms with E-state index >= 15 is 0 Å². The number of hydrogen-bond acceptors (Lipinski definition) is 6. The summed E-state index contributed by atoms with van der Waals surface area (Å²) < 4.78 is 10.8. The second-order valence-electron chi connectivity index (χ2n) is 7.69. The van der Waals surface area contributed by atoms with E-state index in [9.17, 15) is 4.79 Å². The first-order valence-electron chi connectivity index (χ1n) is 10.7. The van der Waals surface area contributed by atoms with E-state index in [1.54, 1.807) is 7.11 Å². The highest BCUT2D eigenvalue weighted by atomic mass is 16.5. The third-order valence-electron chi connectivity index (χ3n) is 5.83. The fraction of sp³-hybridized carbons (Fsp3) is 0.292. The first-order chi connectivity index (χ1) is 16.1. The second kappa shape index (κ2) is 10.2. The summed E-state index contributed by atoms with van der Waals surface area (Å²) in [6.07, 6.45) is 0.389. The van der Waals surface area contributed by atoms with E-state index in [0.29, 0.717) is 12.2 Å². The number of aromatic nitrogens is 2. The van der Waals surface area contributed by atoms with Crippen LogP contribution in [0.4, 0.5) is 11.5 Å². The number of benzene rings is 2. The molecule has 2 aromatic carbocycles. The molecular weight excluding hydrogens is 424 g/mol. The second-order valence-corrected chi connectivity index (χ2v) is 7.69. The molecule has 1 fully saturated rings. The van der Waals surface area contributed by atoms with Crippen molar-refractivity contribution in [3.63, 3.8) is 0 Å². The van der Waals surface area contributed by atoms with Crippen molar-refractivity contribution in [2.24, 2.45) is 0 Å². The van der Waals surface area contributed by atoms with E-state index < -0.39 is 0 Å². The van der Waals surface area contributed by atoms with E-state index in [4.69, 9.17) is 19.4 Å². The van der Waals surface area contributed by atoms with Gasteiger partial charge in [0.25, 0.3) is 6.47 Å². The van der Waals surface area contributed by atoms with Crippen LogP contribution >= 0.6 is 0 Å². The van der Waals surface area contributed by atoms with Gasteiger partial charge in [-0.15, -0.1) is 0 Å². The zero-order valence-electron chi connectivity index (χ0n) is 18.3. The minimum Gasteiger partial charge on any atom is -0.497 e. The number of carbonyl (C=O) groups is 2. The highest BCUT2D eigenvalue weighted by Gasteiger charge is 2.32. The number of methoxy groups -OCH3 is 1. The smallest absolute Gasteiger partial charge is 0.290 e. The Balaban J connectivity index is 0.000000821. The van der Waals surface area contributed by atoms with Crippen molar-refractivity contribution in [3.8, 4) is 17.0 Å². The minimum absolute atomic E-state index is 0.0200. The number of hydrogen-bond donors (Lipinski definition) is 3. The molecule has 9 nitrogen and oxygen atoms in total. The highest BCUT2D eigenvalue weighted by Crippen LogP contribution is 2.42. The average molecular weight is 450 g/mol. The Morgan fingerprint density at radius 3 is 2.61 bits per heavy atom. The van der Waals surface area contributed by atoms with E-state index in [1.165, 1.54) is 5.69 Å². The molecule has 0 aliphatic carbocycles. The number of anilines is 2. The molecule has 1 aromatic heterocycles. The Labute approximate surface area is 191 Å². The Kier molecular flexibility index (Phi) is 6.89. The SMILES string of the molecule is COc1cccc(-c2[nH]nc3c2C(c2ccc(N4CCOCC4)cc2)CC(=O)N3)c1.O=CO. The molecule has 33 heavy (non-hydrogen) atoms. The molecule has 3 heterocycles. The minimum atomic E-state index is -0.250. The standard InChI is InChI=1S/C23H24N4O3.CH2O2/c1-29-18-4-2-3-16(13-18)22-21-19(14-20(28)24-23(21)26-25-22)15-5-7-17(8-6-15)27-9-11-30-12-10-27;2-1-3/h2-8,13,19H,9-12,14H2,1H3,(H2,24,25,26,28);1H,(H,2,3). The van der Waals surface area contributed by atoms with Crippen molar-refractivity contribution in [3.05, 3.63) is 59.7 Å². The molecule has 1 unspecified atom stereocenters. The van der Waals surface area contributed by atoms with Crippen molar-refractivity contribution >= 4 is 23.9 Å². The van der Waals surface area contributed by atoms with Gasteiger partial charge in [0.05, 0.1) is 26.0 Å². The summed E-state index contributed by atoms with van der Waals surface area (Å²) >= 11 is 0. The molecule has 1 amide bonds. The number of fused-ring (bicyclic) bond motifs is 1. The van der Waals surface area contributed by atoms with Crippen molar-refractivity contribution < 1.29 is 24.2 Å². The number of carbonyl (C=O) groups excluding carboxylic acids is 1. The Hall–Kier alpha value is -3.85. The largest absolute Gasteiger partial charge is 0.497 e. The van der Waals surface area contributed by atoms with Crippen molar-refractivity contribution in [1.82, 2.24) is 10.2 Å². The van der Waals surface area contributed by atoms with Crippen LogP contribution in [0.1, 0.15) is 23.5 Å². The van der Waals surface area contributed by atoms with Gasteiger partial charge in [-0.25, -0.2) is 0 Å². The van der Waals surface area contributed by atoms with Gasteiger partial charge in [-0.2, -0.15) is 5.10 Å². The van der Waals surface area contributed by atoms with Crippen LogP contribution in [0, 0.1) is 0 Å². The van der Waals surface area contributed by atoms with Gasteiger partial charge in [0.1, 0.15) is 5.75 Å². The summed E-state index contributed by atoms with van der Waals surface area (Å²) in [6.45, 7) is 3.06. The van der Waals surface area contributed by atoms with Crippen molar-refractivity contribution in [2.75, 3.05) is 43.6 Å². The fourth-order valence-electron chi connectivity index (χ4n) is 4.28. The predicted molar refractivity (Wildman–Crippen MR) is 124 cm³/mol. The first-order valence-corrected chi connectivity index (χ1v) is 10.7. The van der Waals surface area contributed by atoms with Crippen LogP contribution in [0.25, 0.3) is 11.3 Å². The molecule has 9 heteroatoms. The maximum absolute atomic E-state index is 12.4. The van der Waals surface area contributed by atoms with Gasteiger partial charge < -0.3 is 24.8 Å². The van der Waals surface area contributed by atoms with Crippen LogP contribution in [0.2, 0.25) is 0 Å². The normalized spacial score (nSPS) is 17.3. The first kappa shape index (κ1) is 22.3. The van der Waals surface area contributed by atoms with Crippen molar-refractivity contribution in [2.45, 2.75) is 12.3 Å². The van der Waals surface area contributed by atoms with E-state index in [-0.39, 0.29) is 18.3 Å². The number of amides is 1. The van der Waals surface area contributed by atoms with Crippen LogP contribution in [-0.2, 0) is 14.3 Å². The average Bonchev–Trinajstić information content (AvgIpc) is 3.28. The summed E-state index contributed by atoms with van der Waals surface area (Å²) in [4.78, 5) is 23.0. The summed E-state index contributed by atoms with van der Waals surface area (Å²) in [5.74, 6) is 1.30. The molecule has 0 saturated carbocycles. The van der Waals surface area contributed by atoms with Gasteiger partial charge in [-0.1, -0.05) is 24.3 Å². The number of morpholine rings is 1. The number of H-pyrrole nitrogens is 1. The number of carboxylic acid groups (broad SMARTS) is 1. The monoisotopic (exact) mass is 450 g/mol. The van der Waals surface area contributed by atoms with Crippen LogP contribution in [0.15, 0.2) is 48.5 Å².